The van der Waals surface area contributed by atoms with Crippen molar-refractivity contribution in [2.45, 2.75) is 18.9 Å². The first kappa shape index (κ1) is 16.1. The molecule has 6 heteroatoms. The van der Waals surface area contributed by atoms with Crippen LogP contribution in [0.25, 0.3) is 0 Å². The minimum Gasteiger partial charge on any atom is -0.347 e. The van der Waals surface area contributed by atoms with E-state index in [0.29, 0.717) is 31.5 Å². The summed E-state index contributed by atoms with van der Waals surface area (Å²) in [6.45, 7) is 1.06. The topological polar surface area (TPSA) is 62.3 Å². The molecular weight excluding hydrogens is 309 g/mol. The molecule has 1 atom stereocenters. The molecule has 124 valence electrons. The zero-order valence-corrected chi connectivity index (χ0v) is 13.1. The Balaban J connectivity index is 1.52. The van der Waals surface area contributed by atoms with Crippen LogP contribution in [0.15, 0.2) is 48.8 Å². The number of halogens is 1. The molecule has 1 aliphatic rings. The van der Waals surface area contributed by atoms with Gasteiger partial charge in [0.05, 0.1) is 6.04 Å². The fraction of sp³-hybridized carbons (Fsp3) is 0.278. The first-order chi connectivity index (χ1) is 11.6. The molecule has 0 spiro atoms. The number of pyridine rings is 1. The molecule has 2 aromatic rings. The standard InChI is InChI=1S/C18H18FN3O2/c19-15-3-1-13(2-4-15)7-10-22-12-16(11-17(22)23)21-18(24)14-5-8-20-9-6-14/h1-6,8-9,16H,7,10-12H2,(H,21,24)/t16-/m1/s1. The maximum Gasteiger partial charge on any atom is 0.251 e. The molecule has 2 amide bonds. The van der Waals surface area contributed by atoms with Gasteiger partial charge in [0.1, 0.15) is 5.82 Å². The summed E-state index contributed by atoms with van der Waals surface area (Å²) in [5, 5.41) is 2.88. The largest absolute Gasteiger partial charge is 0.347 e. The van der Waals surface area contributed by atoms with E-state index in [1.54, 1.807) is 41.6 Å². The number of carbonyl (C=O) groups is 2. The molecule has 5 nitrogen and oxygen atoms in total. The molecule has 1 fully saturated rings. The first-order valence-electron chi connectivity index (χ1n) is 7.85. The Kier molecular flexibility index (Phi) is 4.84. The summed E-state index contributed by atoms with van der Waals surface area (Å²) in [7, 11) is 0. The van der Waals surface area contributed by atoms with E-state index in [9.17, 15) is 14.0 Å². The van der Waals surface area contributed by atoms with Gasteiger partial charge in [0.2, 0.25) is 5.91 Å². The summed E-state index contributed by atoms with van der Waals surface area (Å²) in [5.41, 5.74) is 1.51. The Labute approximate surface area is 139 Å². The van der Waals surface area contributed by atoms with Crippen molar-refractivity contribution in [3.63, 3.8) is 0 Å². The van der Waals surface area contributed by atoms with Crippen molar-refractivity contribution < 1.29 is 14.0 Å². The van der Waals surface area contributed by atoms with Gasteiger partial charge in [0.15, 0.2) is 0 Å². The highest BCUT2D eigenvalue weighted by Gasteiger charge is 2.30. The number of nitrogens with one attached hydrogen (secondary N) is 1. The average Bonchev–Trinajstić information content (AvgIpc) is 2.94. The van der Waals surface area contributed by atoms with Crippen LogP contribution in [0.5, 0.6) is 0 Å². The highest BCUT2D eigenvalue weighted by molar-refractivity contribution is 5.94. The maximum atomic E-state index is 12.9. The van der Waals surface area contributed by atoms with Crippen molar-refractivity contribution in [2.75, 3.05) is 13.1 Å². The smallest absolute Gasteiger partial charge is 0.251 e. The molecule has 0 radical (unpaired) electrons. The molecule has 0 saturated carbocycles. The predicted octanol–water partition coefficient (Wildman–Crippen LogP) is 1.79. The van der Waals surface area contributed by atoms with Gasteiger partial charge in [-0.2, -0.15) is 0 Å². The first-order valence-corrected chi connectivity index (χ1v) is 7.85. The van der Waals surface area contributed by atoms with E-state index in [4.69, 9.17) is 0 Å². The Morgan fingerprint density at radius 3 is 2.62 bits per heavy atom. The molecule has 3 rings (SSSR count). The number of aromatic nitrogens is 1. The van der Waals surface area contributed by atoms with Crippen LogP contribution in [0.4, 0.5) is 4.39 Å². The van der Waals surface area contributed by atoms with Crippen LogP contribution in [0.3, 0.4) is 0 Å². The van der Waals surface area contributed by atoms with E-state index in [-0.39, 0.29) is 23.7 Å². The Hall–Kier alpha value is -2.76. The van der Waals surface area contributed by atoms with Crippen LogP contribution in [-0.4, -0.2) is 40.8 Å². The summed E-state index contributed by atoms with van der Waals surface area (Å²) in [4.78, 5) is 29.8. The SMILES string of the molecule is O=C(N[C@@H]1CC(=O)N(CCc2ccc(F)cc2)C1)c1ccncc1. The molecule has 0 bridgehead atoms. The van der Waals surface area contributed by atoms with Gasteiger partial charge in [0, 0.05) is 37.5 Å². The second-order valence-electron chi connectivity index (χ2n) is 5.83. The highest BCUT2D eigenvalue weighted by Crippen LogP contribution is 2.13. The van der Waals surface area contributed by atoms with Crippen LogP contribution in [0.2, 0.25) is 0 Å². The minimum absolute atomic E-state index is 0.0251. The normalized spacial score (nSPS) is 17.1. The summed E-state index contributed by atoms with van der Waals surface area (Å²) in [5.74, 6) is -0.442. The van der Waals surface area contributed by atoms with Gasteiger partial charge in [0.25, 0.3) is 5.91 Å². The molecule has 1 aromatic heterocycles. The molecule has 1 saturated heterocycles. The molecule has 0 unspecified atom stereocenters. The number of benzene rings is 1. The van der Waals surface area contributed by atoms with E-state index < -0.39 is 0 Å². The van der Waals surface area contributed by atoms with E-state index in [0.717, 1.165) is 5.56 Å². The lowest BCUT2D eigenvalue weighted by Crippen LogP contribution is -2.37. The number of rotatable bonds is 5. The van der Waals surface area contributed by atoms with Crippen molar-refractivity contribution in [1.29, 1.82) is 0 Å². The minimum atomic E-state index is -0.269. The molecule has 24 heavy (non-hydrogen) atoms. The van der Waals surface area contributed by atoms with Crippen molar-refractivity contribution >= 4 is 11.8 Å². The lowest BCUT2D eigenvalue weighted by molar-refractivity contribution is -0.127. The fourth-order valence-corrected chi connectivity index (χ4v) is 2.77. The predicted molar refractivity (Wildman–Crippen MR) is 86.8 cm³/mol. The molecule has 1 N–H and O–H groups in total. The van der Waals surface area contributed by atoms with Crippen LogP contribution in [0, 0.1) is 5.82 Å². The van der Waals surface area contributed by atoms with E-state index in [1.165, 1.54) is 12.1 Å². The lowest BCUT2D eigenvalue weighted by Gasteiger charge is -2.17. The van der Waals surface area contributed by atoms with Gasteiger partial charge in [-0.1, -0.05) is 12.1 Å². The maximum absolute atomic E-state index is 12.9. The van der Waals surface area contributed by atoms with Crippen molar-refractivity contribution in [3.8, 4) is 0 Å². The second-order valence-corrected chi connectivity index (χ2v) is 5.83. The number of nitrogens with zero attached hydrogens (tertiary/aromatic N) is 2. The molecular formula is C18H18FN3O2. The molecule has 1 aliphatic heterocycles. The van der Waals surface area contributed by atoms with Gasteiger partial charge >= 0.3 is 0 Å². The summed E-state index contributed by atoms with van der Waals surface area (Å²) in [6.07, 6.45) is 4.09. The third kappa shape index (κ3) is 3.95. The zero-order chi connectivity index (χ0) is 16.9. The number of amides is 2. The van der Waals surface area contributed by atoms with Crippen LogP contribution in [-0.2, 0) is 11.2 Å². The molecule has 1 aromatic carbocycles. The quantitative estimate of drug-likeness (QED) is 0.911. The number of hydrogen-bond acceptors (Lipinski definition) is 3. The summed E-state index contributed by atoms with van der Waals surface area (Å²) in [6, 6.07) is 9.36. The van der Waals surface area contributed by atoms with Crippen molar-refractivity contribution in [3.05, 3.63) is 65.7 Å². The van der Waals surface area contributed by atoms with Crippen LogP contribution < -0.4 is 5.32 Å². The highest BCUT2D eigenvalue weighted by atomic mass is 19.1. The lowest BCUT2D eigenvalue weighted by atomic mass is 10.1. The third-order valence-electron chi connectivity index (χ3n) is 4.08. The molecule has 0 aliphatic carbocycles. The number of likely N-dealkylation sites (tertiary alicyclic amines) is 1. The number of carbonyl (C=O) groups excluding carboxylic acids is 2. The van der Waals surface area contributed by atoms with Gasteiger partial charge in [-0.3, -0.25) is 14.6 Å². The van der Waals surface area contributed by atoms with Gasteiger partial charge < -0.3 is 10.2 Å². The van der Waals surface area contributed by atoms with Gasteiger partial charge in [-0.05, 0) is 36.2 Å². The zero-order valence-electron chi connectivity index (χ0n) is 13.1. The Bertz CT molecular complexity index is 719. The van der Waals surface area contributed by atoms with E-state index in [2.05, 4.69) is 10.3 Å². The van der Waals surface area contributed by atoms with Gasteiger partial charge in [-0.25, -0.2) is 4.39 Å². The fourth-order valence-electron chi connectivity index (χ4n) is 2.77. The monoisotopic (exact) mass is 327 g/mol. The van der Waals surface area contributed by atoms with Crippen LogP contribution in [0.1, 0.15) is 22.3 Å². The average molecular weight is 327 g/mol. The van der Waals surface area contributed by atoms with Crippen molar-refractivity contribution in [2.24, 2.45) is 0 Å². The summed E-state index contributed by atoms with van der Waals surface area (Å²) < 4.78 is 12.9. The second kappa shape index (κ2) is 7.21. The van der Waals surface area contributed by atoms with Crippen molar-refractivity contribution in [1.82, 2.24) is 15.2 Å². The van der Waals surface area contributed by atoms with Gasteiger partial charge in [-0.15, -0.1) is 0 Å². The third-order valence-corrected chi connectivity index (χ3v) is 4.08. The summed E-state index contributed by atoms with van der Waals surface area (Å²) >= 11 is 0. The van der Waals surface area contributed by atoms with E-state index >= 15 is 0 Å². The molecule has 2 heterocycles. The van der Waals surface area contributed by atoms with Crippen LogP contribution >= 0.6 is 0 Å². The van der Waals surface area contributed by atoms with E-state index in [1.807, 2.05) is 0 Å². The Morgan fingerprint density at radius 1 is 1.21 bits per heavy atom. The number of hydrogen-bond donors (Lipinski definition) is 1. The Morgan fingerprint density at radius 2 is 1.92 bits per heavy atom.